The molecule has 24 heavy (non-hydrogen) atoms. The molecule has 2 bridgehead atoms. The number of halogens is 1. The molecule has 2 fully saturated rings. The summed E-state index contributed by atoms with van der Waals surface area (Å²) in [6, 6.07) is 22.0. The van der Waals surface area contributed by atoms with Crippen molar-refractivity contribution in [3.8, 4) is 0 Å². The van der Waals surface area contributed by atoms with Gasteiger partial charge in [0.1, 0.15) is 11.8 Å². The maximum absolute atomic E-state index is 6.88. The molecule has 4 rings (SSSR count). The zero-order valence-corrected chi connectivity index (χ0v) is 15.0. The number of fused-ring (bicyclic) bond motifs is 2. The number of hydrogen-bond donors (Lipinski definition) is 0. The van der Waals surface area contributed by atoms with E-state index >= 15 is 0 Å². The van der Waals surface area contributed by atoms with E-state index in [1.165, 1.54) is 30.4 Å². The lowest BCUT2D eigenvalue weighted by atomic mass is 9.97. The third kappa shape index (κ3) is 3.11. The molecule has 0 saturated carbocycles. The molecule has 2 aromatic rings. The fourth-order valence-corrected chi connectivity index (χ4v) is 4.35. The van der Waals surface area contributed by atoms with Crippen molar-refractivity contribution in [2.24, 2.45) is 0 Å². The Balaban J connectivity index is 0.00000169. The van der Waals surface area contributed by atoms with E-state index in [0.717, 1.165) is 12.8 Å². The van der Waals surface area contributed by atoms with E-state index in [1.807, 2.05) is 0 Å². The fraction of sp³-hybridized carbons (Fsp3) is 0.429. The molecule has 2 heterocycles. The molecule has 0 spiro atoms. The van der Waals surface area contributed by atoms with Gasteiger partial charge in [-0.3, -0.25) is 4.90 Å². The van der Waals surface area contributed by atoms with Crippen LogP contribution in [0.5, 0.6) is 0 Å². The summed E-state index contributed by atoms with van der Waals surface area (Å²) in [4.78, 5) is 2.51. The fourth-order valence-electron chi connectivity index (χ4n) is 4.35. The van der Waals surface area contributed by atoms with Crippen molar-refractivity contribution >= 4 is 12.4 Å². The third-order valence-electron chi connectivity index (χ3n) is 5.71. The number of rotatable bonds is 4. The van der Waals surface area contributed by atoms with Crippen LogP contribution in [0.1, 0.15) is 49.3 Å². The van der Waals surface area contributed by atoms with Gasteiger partial charge in [-0.2, -0.15) is 0 Å². The van der Waals surface area contributed by atoms with Crippen LogP contribution < -0.4 is 0 Å². The lowest BCUT2D eigenvalue weighted by Crippen LogP contribution is -2.50. The molecule has 0 aromatic heterocycles. The molecular weight excluding hydrogens is 318 g/mol. The number of benzene rings is 2. The summed E-state index contributed by atoms with van der Waals surface area (Å²) in [5.74, 6) is 0. The zero-order valence-electron chi connectivity index (χ0n) is 14.2. The van der Waals surface area contributed by atoms with Gasteiger partial charge in [0, 0.05) is 6.04 Å². The van der Waals surface area contributed by atoms with E-state index in [4.69, 9.17) is 4.74 Å². The van der Waals surface area contributed by atoms with Crippen molar-refractivity contribution in [3.63, 3.8) is 0 Å². The quantitative estimate of drug-likeness (QED) is 0.757. The van der Waals surface area contributed by atoms with Gasteiger partial charge in [0.15, 0.2) is 0 Å². The van der Waals surface area contributed by atoms with Gasteiger partial charge in [-0.15, -0.1) is 12.4 Å². The molecule has 2 saturated heterocycles. The first kappa shape index (κ1) is 17.5. The van der Waals surface area contributed by atoms with Crippen LogP contribution in [-0.4, -0.2) is 23.7 Å². The predicted molar refractivity (Wildman–Crippen MR) is 100 cm³/mol. The smallest absolute Gasteiger partial charge is 0.123 e. The van der Waals surface area contributed by atoms with Gasteiger partial charge in [0.25, 0.3) is 0 Å². The van der Waals surface area contributed by atoms with Gasteiger partial charge in [0.05, 0.1) is 0 Å². The molecule has 2 aliphatic heterocycles. The molecule has 2 aromatic carbocycles. The highest BCUT2D eigenvalue weighted by molar-refractivity contribution is 5.85. The number of ether oxygens (including phenoxy) is 1. The first-order valence-electron chi connectivity index (χ1n) is 8.79. The van der Waals surface area contributed by atoms with Crippen LogP contribution in [0.25, 0.3) is 0 Å². The van der Waals surface area contributed by atoms with E-state index in [2.05, 4.69) is 72.6 Å². The molecular formula is C21H26ClNO. The Kier molecular flexibility index (Phi) is 5.29. The van der Waals surface area contributed by atoms with Crippen molar-refractivity contribution in [2.75, 3.05) is 7.05 Å². The second-order valence-corrected chi connectivity index (χ2v) is 6.96. The molecule has 2 atom stereocenters. The average Bonchev–Trinajstić information content (AvgIpc) is 2.79. The molecule has 0 N–H and O–H groups in total. The normalized spacial score (nSPS) is 26.3. The summed E-state index contributed by atoms with van der Waals surface area (Å²) in [6.07, 6.45) is 6.19. The summed E-state index contributed by atoms with van der Waals surface area (Å²) < 4.78 is 6.88. The molecule has 0 aliphatic carbocycles. The molecule has 0 radical (unpaired) electrons. The lowest BCUT2D eigenvalue weighted by molar-refractivity contribution is -0.176. The second-order valence-electron chi connectivity index (χ2n) is 6.96. The van der Waals surface area contributed by atoms with Crippen LogP contribution in [0.15, 0.2) is 60.7 Å². The largest absolute Gasteiger partial charge is 0.348 e. The Morgan fingerprint density at radius 2 is 1.50 bits per heavy atom. The molecule has 0 unspecified atom stereocenters. The van der Waals surface area contributed by atoms with Crippen LogP contribution in [0.2, 0.25) is 0 Å². The summed E-state index contributed by atoms with van der Waals surface area (Å²) in [7, 11) is 2.25. The maximum atomic E-state index is 6.88. The van der Waals surface area contributed by atoms with Gasteiger partial charge >= 0.3 is 0 Å². The predicted octanol–water partition coefficient (Wildman–Crippen LogP) is 5.19. The summed E-state index contributed by atoms with van der Waals surface area (Å²) in [6.45, 7) is 0. The van der Waals surface area contributed by atoms with Crippen LogP contribution in [-0.2, 0) is 4.74 Å². The van der Waals surface area contributed by atoms with Gasteiger partial charge in [-0.05, 0) is 50.3 Å². The highest BCUT2D eigenvalue weighted by Gasteiger charge is 2.49. The summed E-state index contributed by atoms with van der Waals surface area (Å²) in [5.41, 5.74) is 2.41. The molecule has 2 aliphatic rings. The highest BCUT2D eigenvalue weighted by Crippen LogP contribution is 2.47. The molecule has 3 heteroatoms. The Morgan fingerprint density at radius 3 is 2.08 bits per heavy atom. The number of hydrogen-bond acceptors (Lipinski definition) is 2. The lowest BCUT2D eigenvalue weighted by Gasteiger charge is -2.44. The summed E-state index contributed by atoms with van der Waals surface area (Å²) in [5, 5.41) is 0. The monoisotopic (exact) mass is 343 g/mol. The highest BCUT2D eigenvalue weighted by atomic mass is 35.5. The number of nitrogens with zero attached hydrogens (tertiary/aromatic N) is 1. The number of piperidine rings is 1. The van der Waals surface area contributed by atoms with Crippen molar-refractivity contribution in [2.45, 2.75) is 50.0 Å². The third-order valence-corrected chi connectivity index (χ3v) is 5.71. The minimum Gasteiger partial charge on any atom is -0.348 e. The van der Waals surface area contributed by atoms with Crippen LogP contribution in [0.4, 0.5) is 0 Å². The average molecular weight is 344 g/mol. The maximum Gasteiger partial charge on any atom is 0.123 e. The van der Waals surface area contributed by atoms with Crippen LogP contribution in [0.3, 0.4) is 0 Å². The topological polar surface area (TPSA) is 12.5 Å². The van der Waals surface area contributed by atoms with Gasteiger partial charge in [-0.25, -0.2) is 0 Å². The molecule has 128 valence electrons. The van der Waals surface area contributed by atoms with Crippen molar-refractivity contribution < 1.29 is 4.74 Å². The van der Waals surface area contributed by atoms with E-state index in [-0.39, 0.29) is 24.2 Å². The van der Waals surface area contributed by atoms with Crippen molar-refractivity contribution in [1.29, 1.82) is 0 Å². The van der Waals surface area contributed by atoms with Crippen LogP contribution in [0, 0.1) is 0 Å². The Hall–Kier alpha value is -1.35. The van der Waals surface area contributed by atoms with E-state index in [1.54, 1.807) is 0 Å². The van der Waals surface area contributed by atoms with Crippen LogP contribution >= 0.6 is 12.4 Å². The van der Waals surface area contributed by atoms with Crippen molar-refractivity contribution in [3.05, 3.63) is 71.8 Å². The van der Waals surface area contributed by atoms with Gasteiger partial charge in [-0.1, -0.05) is 60.7 Å². The first-order valence-corrected chi connectivity index (χ1v) is 8.79. The zero-order chi connectivity index (χ0) is 15.7. The van der Waals surface area contributed by atoms with Gasteiger partial charge in [0.2, 0.25) is 0 Å². The standard InChI is InChI=1S/C21H25NO.ClH/c1-22-19-13-8-15-21(22,16-14-19)23-20(17-9-4-2-5-10-17)18-11-6-3-7-12-18;/h2-7,9-12,19-20H,8,13-16H2,1H3;1H/t19-,21-;/m1./s1. The van der Waals surface area contributed by atoms with E-state index < -0.39 is 0 Å². The molecule has 2 nitrogen and oxygen atoms in total. The Bertz CT molecular complexity index is 604. The van der Waals surface area contributed by atoms with Crippen molar-refractivity contribution in [1.82, 2.24) is 4.90 Å². The Morgan fingerprint density at radius 1 is 0.917 bits per heavy atom. The Labute approximate surface area is 151 Å². The SMILES string of the molecule is CN1[C@@H]2CCC[C@@]1(OC(c1ccccc1)c1ccccc1)CC2.Cl. The summed E-state index contributed by atoms with van der Waals surface area (Å²) >= 11 is 0. The van der Waals surface area contributed by atoms with E-state index in [0.29, 0.717) is 6.04 Å². The van der Waals surface area contributed by atoms with Gasteiger partial charge < -0.3 is 4.74 Å². The second kappa shape index (κ2) is 7.26. The minimum atomic E-state index is -0.0841. The first-order chi connectivity index (χ1) is 11.3. The molecule has 0 amide bonds. The van der Waals surface area contributed by atoms with E-state index in [9.17, 15) is 0 Å². The minimum absolute atomic E-state index is 0.